The number of carbonyl (C=O) groups is 2. The molecule has 9 heteroatoms. The van der Waals surface area contributed by atoms with E-state index < -0.39 is 0 Å². The van der Waals surface area contributed by atoms with E-state index in [4.69, 9.17) is 13.0 Å². The fourth-order valence-corrected chi connectivity index (χ4v) is 3.08. The number of H-pyrrole nitrogens is 1. The fraction of sp³-hybridized carbons (Fsp3) is 0.263. The van der Waals surface area contributed by atoms with Crippen molar-refractivity contribution in [2.24, 2.45) is 4.99 Å². The molecule has 0 bridgehead atoms. The Balaban J connectivity index is 1.63. The number of nitrogens with zero attached hydrogens (tertiary/aromatic N) is 3. The maximum Gasteiger partial charge on any atom is 0.253 e. The Labute approximate surface area is 168 Å². The molecule has 0 unspecified atom stereocenters. The van der Waals surface area contributed by atoms with Gasteiger partial charge >= 0.3 is 0 Å². The molecule has 3 rings (SSSR count). The average molecular weight is 402 g/mol. The van der Waals surface area contributed by atoms with Crippen LogP contribution >= 0.6 is 11.6 Å². The number of hydrogen-bond donors (Lipinski definition) is 3. The summed E-state index contributed by atoms with van der Waals surface area (Å²) in [5.41, 5.74) is 1.52. The maximum absolute atomic E-state index is 12.7. The van der Waals surface area contributed by atoms with Gasteiger partial charge < -0.3 is 20.5 Å². The molecular formula is C19H21ClN6O2. The first kappa shape index (κ1) is 18.2. The van der Waals surface area contributed by atoms with Crippen molar-refractivity contribution in [3.63, 3.8) is 0 Å². The van der Waals surface area contributed by atoms with Crippen LogP contribution in [0.5, 0.6) is 0 Å². The van der Waals surface area contributed by atoms with Crippen LogP contribution in [0.4, 0.5) is 11.6 Å². The minimum Gasteiger partial charge on any atom is -0.351 e. The van der Waals surface area contributed by atoms with Crippen LogP contribution in [-0.2, 0) is 4.79 Å². The summed E-state index contributed by atoms with van der Waals surface area (Å²) in [6, 6.07) is 6.70. The Morgan fingerprint density at radius 3 is 2.89 bits per heavy atom. The third-order valence-corrected chi connectivity index (χ3v) is 4.60. The molecule has 0 spiro atoms. The molecule has 0 saturated carbocycles. The second kappa shape index (κ2) is 8.71. The summed E-state index contributed by atoms with van der Waals surface area (Å²) < 4.78 is 7.81. The van der Waals surface area contributed by atoms with Crippen LogP contribution in [0.2, 0.25) is 5.02 Å². The van der Waals surface area contributed by atoms with E-state index in [9.17, 15) is 9.59 Å². The molecule has 1 saturated heterocycles. The molecule has 1 aromatic carbocycles. The minimum atomic E-state index is -0.306. The van der Waals surface area contributed by atoms with Crippen molar-refractivity contribution < 1.29 is 11.0 Å². The van der Waals surface area contributed by atoms with Crippen LogP contribution < -0.4 is 16.1 Å². The highest BCUT2D eigenvalue weighted by Gasteiger charge is 2.27. The van der Waals surface area contributed by atoms with E-state index in [1.807, 2.05) is 0 Å². The van der Waals surface area contributed by atoms with Crippen LogP contribution in [0.25, 0.3) is 0 Å². The lowest BCUT2D eigenvalue weighted by molar-refractivity contribution is -0.111. The molecule has 2 amide bonds. The Morgan fingerprint density at radius 1 is 1.46 bits per heavy atom. The molecule has 0 aliphatic carbocycles. The highest BCUT2D eigenvalue weighted by molar-refractivity contribution is 6.30. The van der Waals surface area contributed by atoms with Crippen molar-refractivity contribution in [2.75, 3.05) is 30.8 Å². The number of benzene rings is 1. The Hall–Kier alpha value is -3.13. The third-order valence-electron chi connectivity index (χ3n) is 4.34. The number of hydrogen-bond acceptors (Lipinski definition) is 5. The van der Waals surface area contributed by atoms with Gasteiger partial charge in [0, 0.05) is 37.4 Å². The zero-order chi connectivity index (χ0) is 21.0. The summed E-state index contributed by atoms with van der Waals surface area (Å²) in [5, 5.41) is 6.01. The van der Waals surface area contributed by atoms with E-state index in [1.165, 1.54) is 6.08 Å². The number of anilines is 2. The van der Waals surface area contributed by atoms with Gasteiger partial charge in [-0.3, -0.25) is 14.6 Å². The van der Waals surface area contributed by atoms with Crippen molar-refractivity contribution in [3.8, 4) is 0 Å². The molecule has 146 valence electrons. The molecule has 1 aliphatic heterocycles. The summed E-state index contributed by atoms with van der Waals surface area (Å²) in [6.07, 6.45) is 1.86. The Morgan fingerprint density at radius 2 is 2.21 bits per heavy atom. The molecule has 8 nitrogen and oxygen atoms in total. The average Bonchev–Trinajstić information content (AvgIpc) is 3.18. The van der Waals surface area contributed by atoms with E-state index in [-0.39, 0.29) is 29.1 Å². The lowest BCUT2D eigenvalue weighted by atomic mass is 10.2. The molecule has 1 fully saturated rings. The van der Waals surface area contributed by atoms with Gasteiger partial charge in [0.15, 0.2) is 0 Å². The lowest BCUT2D eigenvalue weighted by Crippen LogP contribution is -2.32. The van der Waals surface area contributed by atoms with Gasteiger partial charge in [0.25, 0.3) is 5.91 Å². The molecule has 1 atom stereocenters. The second-order valence-corrected chi connectivity index (χ2v) is 6.61. The molecule has 0 radical (unpaired) electrons. The quantitative estimate of drug-likeness (QED) is 0.667. The van der Waals surface area contributed by atoms with Crippen LogP contribution in [0.3, 0.4) is 0 Å². The number of carbonyl (C=O) groups excluding carboxylic acids is 2. The van der Waals surface area contributed by atoms with Gasteiger partial charge in [0.05, 0.1) is 7.54 Å². The number of amides is 2. The number of aromatic amines is 1. The predicted molar refractivity (Wildman–Crippen MR) is 108 cm³/mol. The zero-order valence-electron chi connectivity index (χ0n) is 16.3. The predicted octanol–water partition coefficient (Wildman–Crippen LogP) is 2.04. The summed E-state index contributed by atoms with van der Waals surface area (Å²) >= 11 is 5.98. The van der Waals surface area contributed by atoms with Gasteiger partial charge in [0.2, 0.25) is 11.9 Å². The Bertz CT molecular complexity index is 1000. The molecule has 28 heavy (non-hydrogen) atoms. The molecule has 2 aromatic rings. The number of rotatable bonds is 5. The van der Waals surface area contributed by atoms with E-state index in [2.05, 4.69) is 32.2 Å². The number of aromatic nitrogens is 2. The van der Waals surface area contributed by atoms with Crippen LogP contribution in [0.15, 0.2) is 48.1 Å². The zero-order valence-corrected chi connectivity index (χ0v) is 16.1. The van der Waals surface area contributed by atoms with E-state index >= 15 is 0 Å². The largest absolute Gasteiger partial charge is 0.351 e. The maximum atomic E-state index is 12.7. The number of likely N-dealkylation sites (tertiary alicyclic amines) is 1. The van der Waals surface area contributed by atoms with E-state index in [0.717, 1.165) is 6.42 Å². The van der Waals surface area contributed by atoms with Crippen molar-refractivity contribution in [1.82, 2.24) is 14.9 Å². The highest BCUT2D eigenvalue weighted by Crippen LogP contribution is 2.18. The SMILES string of the molecule is [2H]c1nc(N[C@@H]2CCN(C(=O)c3ccc(NC(=O)C=C)cc3)C2)[nH]c(=NC)c1Cl. The topological polar surface area (TPSA) is 102 Å². The van der Waals surface area contributed by atoms with Gasteiger partial charge in [0.1, 0.15) is 10.5 Å². The van der Waals surface area contributed by atoms with Crippen molar-refractivity contribution in [3.05, 3.63) is 59.2 Å². The van der Waals surface area contributed by atoms with E-state index in [0.29, 0.717) is 35.8 Å². The molecule has 1 aromatic heterocycles. The van der Waals surface area contributed by atoms with Gasteiger partial charge in [-0.25, -0.2) is 4.98 Å². The van der Waals surface area contributed by atoms with Crippen LogP contribution in [0.1, 0.15) is 18.1 Å². The smallest absolute Gasteiger partial charge is 0.253 e. The molecule has 3 N–H and O–H groups in total. The van der Waals surface area contributed by atoms with Gasteiger partial charge in [-0.1, -0.05) is 18.2 Å². The highest BCUT2D eigenvalue weighted by atomic mass is 35.5. The first-order valence-corrected chi connectivity index (χ1v) is 9.07. The van der Waals surface area contributed by atoms with E-state index in [1.54, 1.807) is 36.2 Å². The van der Waals surface area contributed by atoms with Crippen LogP contribution in [-0.4, -0.2) is 52.9 Å². The fourth-order valence-electron chi connectivity index (χ4n) is 2.90. The van der Waals surface area contributed by atoms with Gasteiger partial charge in [-0.15, -0.1) is 0 Å². The normalized spacial score (nSPS) is 17.2. The number of nitrogens with one attached hydrogen (secondary N) is 3. The first-order valence-electron chi connectivity index (χ1n) is 9.19. The molecule has 1 aliphatic rings. The standard InChI is InChI=1S/C19H21ClN6O2/c1-3-16(27)23-13-6-4-12(5-7-13)18(28)26-9-8-14(11-26)24-19-22-10-15(20)17(21-2)25-19/h3-7,10,14H,1,8-9,11H2,2H3,(H,23,27)(H2,21,22,24,25)/t14-/m1/s1/i10D. The molecule has 2 heterocycles. The monoisotopic (exact) mass is 401 g/mol. The summed E-state index contributed by atoms with van der Waals surface area (Å²) in [7, 11) is 1.57. The summed E-state index contributed by atoms with van der Waals surface area (Å²) in [5.74, 6) is -0.00371. The Kier molecular flexibility index (Phi) is 5.67. The van der Waals surface area contributed by atoms with Gasteiger partial charge in [-0.05, 0) is 36.8 Å². The van der Waals surface area contributed by atoms with Crippen molar-refractivity contribution >= 4 is 35.1 Å². The first-order chi connectivity index (χ1) is 13.9. The lowest BCUT2D eigenvalue weighted by Gasteiger charge is -2.17. The number of halogens is 1. The van der Waals surface area contributed by atoms with Crippen LogP contribution in [0, 0.1) is 0 Å². The second-order valence-electron chi connectivity index (χ2n) is 6.24. The minimum absolute atomic E-state index is 0.0147. The third kappa shape index (κ3) is 4.58. The summed E-state index contributed by atoms with van der Waals surface area (Å²) in [6.45, 7) is 4.50. The van der Waals surface area contributed by atoms with Crippen molar-refractivity contribution in [1.29, 1.82) is 0 Å². The molecular weight excluding hydrogens is 380 g/mol. The van der Waals surface area contributed by atoms with Crippen molar-refractivity contribution in [2.45, 2.75) is 12.5 Å². The summed E-state index contributed by atoms with van der Waals surface area (Å²) in [4.78, 5) is 36.8. The van der Waals surface area contributed by atoms with Gasteiger partial charge in [-0.2, -0.15) is 0 Å².